The first-order chi connectivity index (χ1) is 2.27. The van der Waals surface area contributed by atoms with Gasteiger partial charge in [-0.1, -0.05) is 12.8 Å². The molecule has 0 saturated heterocycles. The molecule has 0 amide bonds. The Morgan fingerprint density at radius 1 is 1.80 bits per heavy atom. The molecule has 0 aliphatic carbocycles. The normalized spacial score (nSPS) is 9.60. The zero-order valence-electron chi connectivity index (χ0n) is 3.30. The predicted octanol–water partition coefficient (Wildman–Crippen LogP) is 0.324. The lowest BCUT2D eigenvalue weighted by Crippen LogP contribution is -1.99. The molecule has 0 N–H and O–H groups in total. The van der Waals surface area contributed by atoms with Crippen LogP contribution in [0.3, 0.4) is 0 Å². The summed E-state index contributed by atoms with van der Waals surface area (Å²) in [5.74, 6) is 0. The summed E-state index contributed by atoms with van der Waals surface area (Å²) in [4.78, 5) is 4.45. The minimum Gasteiger partial charge on any atom is -0.292 e. The molecular formula is C2H7NOS. The van der Waals surface area contributed by atoms with Gasteiger partial charge in [-0.25, -0.2) is 0 Å². The molecule has 0 aromatic carbocycles. The molecule has 3 heteroatoms. The number of rotatable bonds is 1. The maximum absolute atomic E-state index is 4.45. The number of nitrogens with zero attached hydrogens (tertiary/aromatic N) is 1. The summed E-state index contributed by atoms with van der Waals surface area (Å²) in [6, 6.07) is 0. The van der Waals surface area contributed by atoms with Crippen molar-refractivity contribution in [2.45, 2.75) is 0 Å². The highest BCUT2D eigenvalue weighted by atomic mass is 32.1. The number of hydroxylamine groups is 1. The standard InChI is InChI=1S/C2H7NOS/c1-3(5)4-2/h5H,1-2H3. The number of thiol groups is 1. The van der Waals surface area contributed by atoms with Crippen molar-refractivity contribution in [3.05, 3.63) is 0 Å². The summed E-state index contributed by atoms with van der Waals surface area (Å²) >= 11 is 3.71. The minimum absolute atomic E-state index is 1.32. The van der Waals surface area contributed by atoms with Crippen molar-refractivity contribution in [1.82, 2.24) is 4.47 Å². The Bertz CT molecular complexity index is 23.6. The van der Waals surface area contributed by atoms with Crippen LogP contribution in [0, 0.1) is 0 Å². The van der Waals surface area contributed by atoms with Gasteiger partial charge >= 0.3 is 0 Å². The maximum Gasteiger partial charge on any atom is 0.0585 e. The predicted molar refractivity (Wildman–Crippen MR) is 23.8 cm³/mol. The van der Waals surface area contributed by atoms with Crippen LogP contribution in [-0.2, 0) is 4.84 Å². The quantitative estimate of drug-likeness (QED) is 0.370. The fraction of sp³-hybridized carbons (Fsp3) is 1.00. The van der Waals surface area contributed by atoms with E-state index >= 15 is 0 Å². The lowest BCUT2D eigenvalue weighted by Gasteiger charge is -1.99. The second-order valence-corrected chi connectivity index (χ2v) is 1.21. The number of hydrogen-bond donors (Lipinski definition) is 1. The van der Waals surface area contributed by atoms with Crippen LogP contribution in [0.4, 0.5) is 0 Å². The third-order valence-electron chi connectivity index (χ3n) is 0.264. The molecule has 32 valence electrons. The average molecular weight is 93.2 g/mol. The molecule has 0 spiro atoms. The minimum atomic E-state index is 1.32. The first-order valence-corrected chi connectivity index (χ1v) is 1.64. The van der Waals surface area contributed by atoms with Crippen LogP contribution in [0.2, 0.25) is 0 Å². The lowest BCUT2D eigenvalue weighted by molar-refractivity contribution is -0.0121. The summed E-state index contributed by atoms with van der Waals surface area (Å²) in [5, 5.41) is 0. The van der Waals surface area contributed by atoms with Gasteiger partial charge in [-0.05, 0) is 0 Å². The summed E-state index contributed by atoms with van der Waals surface area (Å²) in [6.07, 6.45) is 0. The SMILES string of the molecule is CON(C)S. The molecule has 0 bridgehead atoms. The van der Waals surface area contributed by atoms with E-state index in [-0.39, 0.29) is 0 Å². The van der Waals surface area contributed by atoms with Gasteiger partial charge in [-0.15, -0.1) is 4.47 Å². The van der Waals surface area contributed by atoms with E-state index in [1.807, 2.05) is 0 Å². The summed E-state index contributed by atoms with van der Waals surface area (Å²) < 4.78 is 1.32. The van der Waals surface area contributed by atoms with E-state index in [4.69, 9.17) is 0 Å². The molecule has 0 saturated carbocycles. The van der Waals surface area contributed by atoms with Crippen molar-refractivity contribution in [3.8, 4) is 0 Å². The van der Waals surface area contributed by atoms with Crippen LogP contribution in [0.25, 0.3) is 0 Å². The molecule has 5 heavy (non-hydrogen) atoms. The molecule has 0 aliphatic heterocycles. The Balaban J connectivity index is 2.54. The van der Waals surface area contributed by atoms with Crippen molar-refractivity contribution < 1.29 is 4.84 Å². The molecule has 0 aromatic heterocycles. The van der Waals surface area contributed by atoms with Gasteiger partial charge in [-0.2, -0.15) is 0 Å². The highest BCUT2D eigenvalue weighted by Gasteiger charge is 1.72. The van der Waals surface area contributed by atoms with E-state index in [0.29, 0.717) is 0 Å². The first-order valence-electron chi connectivity index (χ1n) is 1.24. The molecule has 0 atom stereocenters. The van der Waals surface area contributed by atoms with Crippen molar-refractivity contribution in [2.24, 2.45) is 0 Å². The van der Waals surface area contributed by atoms with Gasteiger partial charge in [0.1, 0.15) is 0 Å². The summed E-state index contributed by atoms with van der Waals surface area (Å²) in [7, 11) is 3.25. The highest BCUT2D eigenvalue weighted by Crippen LogP contribution is 1.79. The van der Waals surface area contributed by atoms with Crippen molar-refractivity contribution in [3.63, 3.8) is 0 Å². The molecule has 0 aromatic rings. The van der Waals surface area contributed by atoms with Crippen LogP contribution in [0.5, 0.6) is 0 Å². The fourth-order valence-corrected chi connectivity index (χ4v) is 0. The molecule has 0 aliphatic rings. The Kier molecular flexibility index (Phi) is 2.64. The highest BCUT2D eigenvalue weighted by molar-refractivity contribution is 7.77. The Morgan fingerprint density at radius 3 is 2.00 bits per heavy atom. The molecule has 0 rings (SSSR count). The third kappa shape index (κ3) is 4.27. The molecular weight excluding hydrogens is 86.1 g/mol. The Morgan fingerprint density at radius 2 is 2.00 bits per heavy atom. The number of hydrogen-bond acceptors (Lipinski definition) is 3. The second-order valence-electron chi connectivity index (χ2n) is 0.647. The van der Waals surface area contributed by atoms with Gasteiger partial charge in [0.25, 0.3) is 0 Å². The molecule has 0 unspecified atom stereocenters. The van der Waals surface area contributed by atoms with E-state index in [9.17, 15) is 0 Å². The van der Waals surface area contributed by atoms with Crippen LogP contribution in [-0.4, -0.2) is 18.6 Å². The van der Waals surface area contributed by atoms with E-state index in [1.165, 1.54) is 4.47 Å². The van der Waals surface area contributed by atoms with Gasteiger partial charge in [-0.3, -0.25) is 4.84 Å². The maximum atomic E-state index is 4.45. The Hall–Kier alpha value is 0.270. The molecule has 0 heterocycles. The van der Waals surface area contributed by atoms with Gasteiger partial charge in [0.05, 0.1) is 7.11 Å². The first kappa shape index (κ1) is 5.27. The molecule has 2 nitrogen and oxygen atoms in total. The van der Waals surface area contributed by atoms with Crippen molar-refractivity contribution in [2.75, 3.05) is 14.2 Å². The van der Waals surface area contributed by atoms with Crippen LogP contribution >= 0.6 is 12.8 Å². The zero-order valence-corrected chi connectivity index (χ0v) is 4.20. The lowest BCUT2D eigenvalue weighted by atomic mass is 11.5. The van der Waals surface area contributed by atoms with Crippen LogP contribution in [0.15, 0.2) is 0 Å². The monoisotopic (exact) mass is 93.0 g/mol. The average Bonchev–Trinajstić information content (AvgIpc) is 1.38. The third-order valence-corrected chi connectivity index (χ3v) is 0.428. The van der Waals surface area contributed by atoms with E-state index in [0.717, 1.165) is 0 Å². The van der Waals surface area contributed by atoms with Crippen LogP contribution in [0.1, 0.15) is 0 Å². The molecule has 0 fully saturated rings. The zero-order chi connectivity index (χ0) is 4.28. The van der Waals surface area contributed by atoms with Gasteiger partial charge < -0.3 is 0 Å². The Labute approximate surface area is 37.2 Å². The van der Waals surface area contributed by atoms with E-state index in [2.05, 4.69) is 17.7 Å². The molecule has 0 radical (unpaired) electrons. The summed E-state index contributed by atoms with van der Waals surface area (Å²) in [6.45, 7) is 0. The fourth-order valence-electron chi connectivity index (χ4n) is 0. The van der Waals surface area contributed by atoms with E-state index in [1.54, 1.807) is 14.2 Å². The van der Waals surface area contributed by atoms with Crippen molar-refractivity contribution in [1.29, 1.82) is 0 Å². The second kappa shape index (κ2) is 2.50. The van der Waals surface area contributed by atoms with Gasteiger partial charge in [0.15, 0.2) is 0 Å². The smallest absolute Gasteiger partial charge is 0.0585 e. The van der Waals surface area contributed by atoms with E-state index < -0.39 is 0 Å². The van der Waals surface area contributed by atoms with Crippen LogP contribution < -0.4 is 0 Å². The van der Waals surface area contributed by atoms with Gasteiger partial charge in [0, 0.05) is 7.05 Å². The van der Waals surface area contributed by atoms with Crippen molar-refractivity contribution >= 4 is 12.8 Å². The largest absolute Gasteiger partial charge is 0.292 e. The summed E-state index contributed by atoms with van der Waals surface area (Å²) in [5.41, 5.74) is 0. The topological polar surface area (TPSA) is 12.5 Å². The van der Waals surface area contributed by atoms with Gasteiger partial charge in [0.2, 0.25) is 0 Å².